The third-order valence-corrected chi connectivity index (χ3v) is 5.41. The van der Waals surface area contributed by atoms with Crippen LogP contribution in [0.3, 0.4) is 0 Å². The Labute approximate surface area is 110 Å². The van der Waals surface area contributed by atoms with Gasteiger partial charge in [-0.05, 0) is 50.5 Å². The predicted octanol–water partition coefficient (Wildman–Crippen LogP) is 2.31. The monoisotopic (exact) mass is 250 g/mol. The SMILES string of the molecule is O=C(C1CCCN1)N1CCC2(CCCCC2)CC1. The van der Waals surface area contributed by atoms with Crippen LogP contribution in [0.25, 0.3) is 0 Å². The summed E-state index contributed by atoms with van der Waals surface area (Å²) in [6, 6.07) is 0.130. The fourth-order valence-electron chi connectivity index (χ4n) is 4.12. The van der Waals surface area contributed by atoms with Crippen molar-refractivity contribution in [1.29, 1.82) is 0 Å². The fraction of sp³-hybridized carbons (Fsp3) is 0.933. The number of nitrogens with one attached hydrogen (secondary N) is 1. The minimum Gasteiger partial charge on any atom is -0.341 e. The van der Waals surface area contributed by atoms with E-state index in [9.17, 15) is 4.79 Å². The maximum Gasteiger partial charge on any atom is 0.239 e. The number of hydrogen-bond acceptors (Lipinski definition) is 2. The van der Waals surface area contributed by atoms with Crippen LogP contribution in [0.4, 0.5) is 0 Å². The van der Waals surface area contributed by atoms with Crippen LogP contribution in [0.15, 0.2) is 0 Å². The third-order valence-electron chi connectivity index (χ3n) is 5.41. The van der Waals surface area contributed by atoms with Gasteiger partial charge >= 0.3 is 0 Å². The van der Waals surface area contributed by atoms with E-state index in [0.29, 0.717) is 11.3 Å². The Bertz CT molecular complexity index is 294. The van der Waals surface area contributed by atoms with E-state index < -0.39 is 0 Å². The number of nitrogens with zero attached hydrogens (tertiary/aromatic N) is 1. The van der Waals surface area contributed by atoms with Crippen LogP contribution in [0, 0.1) is 5.41 Å². The van der Waals surface area contributed by atoms with Gasteiger partial charge in [-0.1, -0.05) is 19.3 Å². The first-order valence-corrected chi connectivity index (χ1v) is 7.81. The lowest BCUT2D eigenvalue weighted by molar-refractivity contribution is -0.135. The Balaban J connectivity index is 1.54. The van der Waals surface area contributed by atoms with Crippen molar-refractivity contribution in [1.82, 2.24) is 10.2 Å². The molecule has 0 radical (unpaired) electrons. The molecule has 0 aromatic rings. The lowest BCUT2D eigenvalue weighted by Gasteiger charge is -2.44. The van der Waals surface area contributed by atoms with Crippen molar-refractivity contribution in [3.63, 3.8) is 0 Å². The van der Waals surface area contributed by atoms with Gasteiger partial charge in [-0.2, -0.15) is 0 Å². The molecule has 1 unspecified atom stereocenters. The van der Waals surface area contributed by atoms with Crippen molar-refractivity contribution in [3.8, 4) is 0 Å². The highest BCUT2D eigenvalue weighted by Gasteiger charge is 2.38. The van der Waals surface area contributed by atoms with Gasteiger partial charge in [0.05, 0.1) is 6.04 Å². The van der Waals surface area contributed by atoms with Crippen LogP contribution >= 0.6 is 0 Å². The molecule has 102 valence electrons. The Kier molecular flexibility index (Phi) is 3.60. The second kappa shape index (κ2) is 5.20. The van der Waals surface area contributed by atoms with Crippen LogP contribution < -0.4 is 5.32 Å². The highest BCUT2D eigenvalue weighted by Crippen LogP contribution is 2.44. The standard InChI is InChI=1S/C15H26N2O/c18-14(13-5-4-10-16-13)17-11-8-15(9-12-17)6-2-1-3-7-15/h13,16H,1-12H2. The molecule has 1 saturated carbocycles. The first-order chi connectivity index (χ1) is 8.79. The minimum atomic E-state index is 0.130. The van der Waals surface area contributed by atoms with E-state index in [4.69, 9.17) is 0 Å². The average molecular weight is 250 g/mol. The molecule has 1 atom stereocenters. The normalized spacial score (nSPS) is 31.8. The summed E-state index contributed by atoms with van der Waals surface area (Å²) in [7, 11) is 0. The van der Waals surface area contributed by atoms with Gasteiger partial charge < -0.3 is 10.2 Å². The van der Waals surface area contributed by atoms with Crippen molar-refractivity contribution >= 4 is 5.91 Å². The number of hydrogen-bond donors (Lipinski definition) is 1. The summed E-state index contributed by atoms with van der Waals surface area (Å²) in [5.41, 5.74) is 0.609. The third kappa shape index (κ3) is 2.42. The summed E-state index contributed by atoms with van der Waals surface area (Å²) in [6.07, 6.45) is 11.8. The number of piperidine rings is 1. The minimum absolute atomic E-state index is 0.130. The molecule has 0 aromatic carbocycles. The number of likely N-dealkylation sites (tertiary alicyclic amines) is 1. The quantitative estimate of drug-likeness (QED) is 0.774. The number of rotatable bonds is 1. The number of amides is 1. The first-order valence-electron chi connectivity index (χ1n) is 7.81. The zero-order valence-electron chi connectivity index (χ0n) is 11.4. The van der Waals surface area contributed by atoms with E-state index in [1.54, 1.807) is 0 Å². The van der Waals surface area contributed by atoms with Crippen LogP contribution in [0.5, 0.6) is 0 Å². The van der Waals surface area contributed by atoms with Crippen molar-refractivity contribution < 1.29 is 4.79 Å². The summed E-state index contributed by atoms with van der Waals surface area (Å²) >= 11 is 0. The molecular weight excluding hydrogens is 224 g/mol. The average Bonchev–Trinajstić information content (AvgIpc) is 2.94. The number of carbonyl (C=O) groups excluding carboxylic acids is 1. The molecule has 1 aliphatic carbocycles. The van der Waals surface area contributed by atoms with Gasteiger partial charge in [0.15, 0.2) is 0 Å². The molecule has 2 saturated heterocycles. The van der Waals surface area contributed by atoms with E-state index in [0.717, 1.165) is 32.5 Å². The van der Waals surface area contributed by atoms with E-state index >= 15 is 0 Å². The van der Waals surface area contributed by atoms with Crippen LogP contribution in [0.1, 0.15) is 57.8 Å². The Morgan fingerprint density at radius 1 is 1.00 bits per heavy atom. The molecule has 2 heterocycles. The molecule has 3 aliphatic rings. The predicted molar refractivity (Wildman–Crippen MR) is 72.4 cm³/mol. The van der Waals surface area contributed by atoms with Gasteiger partial charge in [0.1, 0.15) is 0 Å². The van der Waals surface area contributed by atoms with Gasteiger partial charge in [-0.15, -0.1) is 0 Å². The molecule has 2 aliphatic heterocycles. The highest BCUT2D eigenvalue weighted by atomic mass is 16.2. The topological polar surface area (TPSA) is 32.3 Å². The van der Waals surface area contributed by atoms with Gasteiger partial charge in [0.25, 0.3) is 0 Å². The van der Waals surface area contributed by atoms with Gasteiger partial charge in [-0.3, -0.25) is 4.79 Å². The first kappa shape index (κ1) is 12.5. The molecule has 3 rings (SSSR count). The molecule has 1 amide bonds. The van der Waals surface area contributed by atoms with Crippen molar-refractivity contribution in [2.24, 2.45) is 5.41 Å². The molecule has 0 bridgehead atoms. The summed E-state index contributed by atoms with van der Waals surface area (Å²) in [6.45, 7) is 3.04. The highest BCUT2D eigenvalue weighted by molar-refractivity contribution is 5.82. The largest absolute Gasteiger partial charge is 0.341 e. The summed E-state index contributed by atoms with van der Waals surface area (Å²) in [5.74, 6) is 0.373. The zero-order chi connectivity index (χ0) is 12.4. The second-order valence-electron chi connectivity index (χ2n) is 6.53. The van der Waals surface area contributed by atoms with Gasteiger partial charge in [0.2, 0.25) is 5.91 Å². The lowest BCUT2D eigenvalue weighted by Crippen LogP contribution is -2.49. The van der Waals surface area contributed by atoms with E-state index in [1.807, 2.05) is 0 Å². The Hall–Kier alpha value is -0.570. The zero-order valence-corrected chi connectivity index (χ0v) is 11.4. The van der Waals surface area contributed by atoms with Gasteiger partial charge in [-0.25, -0.2) is 0 Å². The van der Waals surface area contributed by atoms with Crippen LogP contribution in [-0.4, -0.2) is 36.5 Å². The van der Waals surface area contributed by atoms with E-state index in [1.165, 1.54) is 44.9 Å². The molecule has 3 heteroatoms. The summed E-state index contributed by atoms with van der Waals surface area (Å²) in [4.78, 5) is 14.5. The second-order valence-corrected chi connectivity index (χ2v) is 6.53. The molecule has 1 spiro atoms. The van der Waals surface area contributed by atoms with Crippen LogP contribution in [-0.2, 0) is 4.79 Å². The Morgan fingerprint density at radius 2 is 1.72 bits per heavy atom. The van der Waals surface area contributed by atoms with Crippen molar-refractivity contribution in [2.45, 2.75) is 63.8 Å². The van der Waals surface area contributed by atoms with E-state index in [2.05, 4.69) is 10.2 Å². The Morgan fingerprint density at radius 3 is 2.33 bits per heavy atom. The smallest absolute Gasteiger partial charge is 0.239 e. The summed E-state index contributed by atoms with van der Waals surface area (Å²) in [5, 5.41) is 3.33. The van der Waals surface area contributed by atoms with Crippen molar-refractivity contribution in [2.75, 3.05) is 19.6 Å². The maximum atomic E-state index is 12.3. The van der Waals surface area contributed by atoms with E-state index in [-0.39, 0.29) is 6.04 Å². The van der Waals surface area contributed by atoms with Crippen molar-refractivity contribution in [3.05, 3.63) is 0 Å². The fourth-order valence-corrected chi connectivity index (χ4v) is 4.12. The van der Waals surface area contributed by atoms with Gasteiger partial charge in [0, 0.05) is 13.1 Å². The molecule has 3 fully saturated rings. The van der Waals surface area contributed by atoms with Crippen LogP contribution in [0.2, 0.25) is 0 Å². The molecule has 3 nitrogen and oxygen atoms in total. The molecule has 0 aromatic heterocycles. The lowest BCUT2D eigenvalue weighted by atomic mass is 9.68. The maximum absolute atomic E-state index is 12.3. The number of carbonyl (C=O) groups is 1. The molecule has 18 heavy (non-hydrogen) atoms. The molecular formula is C15H26N2O. The molecule has 1 N–H and O–H groups in total. The summed E-state index contributed by atoms with van der Waals surface area (Å²) < 4.78 is 0.